The predicted molar refractivity (Wildman–Crippen MR) is 108 cm³/mol. The zero-order valence-corrected chi connectivity index (χ0v) is 17.5. The van der Waals surface area contributed by atoms with Crippen molar-refractivity contribution in [3.8, 4) is 0 Å². The molecule has 3 rings (SSSR count). The molecule has 0 spiro atoms. The molecule has 1 aliphatic rings. The van der Waals surface area contributed by atoms with Crippen LogP contribution >= 0.6 is 23.5 Å². The second-order valence-electron chi connectivity index (χ2n) is 7.75. The largest absolute Gasteiger partial charge is 0.0877 e. The summed E-state index contributed by atoms with van der Waals surface area (Å²) < 4.78 is 0. The highest BCUT2D eigenvalue weighted by Crippen LogP contribution is 2.51. The maximum Gasteiger partial charge on any atom is 0.0265 e. The van der Waals surface area contributed by atoms with Crippen LogP contribution in [-0.2, 0) is 0 Å². The minimum absolute atomic E-state index is 0.573. The zero-order chi connectivity index (χ0) is 17.6. The van der Waals surface area contributed by atoms with E-state index in [4.69, 9.17) is 0 Å². The smallest absolute Gasteiger partial charge is 0.0265 e. The summed E-state index contributed by atoms with van der Waals surface area (Å²) in [6, 6.07) is 9.70. The quantitative estimate of drug-likeness (QED) is 0.466. The number of hydrogen-bond acceptors (Lipinski definition) is 2. The van der Waals surface area contributed by atoms with Crippen LogP contribution in [0.2, 0.25) is 0 Å². The summed E-state index contributed by atoms with van der Waals surface area (Å²) >= 11 is 3.90. The first kappa shape index (κ1) is 17.9. The van der Waals surface area contributed by atoms with Crippen LogP contribution in [-0.4, -0.2) is 0 Å². The van der Waals surface area contributed by atoms with Crippen molar-refractivity contribution >= 4 is 23.5 Å². The number of rotatable bonds is 3. The number of benzene rings is 2. The Labute approximate surface area is 155 Å². The van der Waals surface area contributed by atoms with Gasteiger partial charge in [0.2, 0.25) is 0 Å². The molecule has 0 atom stereocenters. The lowest BCUT2D eigenvalue weighted by Crippen LogP contribution is -2.02. The Bertz CT molecular complexity index is 770. The molecule has 2 aromatic rings. The van der Waals surface area contributed by atoms with E-state index in [1.165, 1.54) is 41.8 Å². The van der Waals surface area contributed by atoms with Gasteiger partial charge in [-0.1, -0.05) is 65.1 Å². The molecule has 0 saturated heterocycles. The van der Waals surface area contributed by atoms with Gasteiger partial charge in [0.25, 0.3) is 0 Å². The van der Waals surface area contributed by atoms with E-state index in [1.54, 1.807) is 0 Å². The molecule has 128 valence electrons. The fraction of sp³-hybridized carbons (Fsp3) is 0.455. The van der Waals surface area contributed by atoms with E-state index in [1.807, 2.05) is 23.5 Å². The van der Waals surface area contributed by atoms with E-state index >= 15 is 0 Å². The van der Waals surface area contributed by atoms with Gasteiger partial charge in [-0.3, -0.25) is 0 Å². The number of hydrogen-bond donors (Lipinski definition) is 0. The van der Waals surface area contributed by atoms with Crippen LogP contribution in [0.3, 0.4) is 0 Å². The predicted octanol–water partition coefficient (Wildman–Crippen LogP) is 7.98. The van der Waals surface area contributed by atoms with Gasteiger partial charge >= 0.3 is 0 Å². The van der Waals surface area contributed by atoms with E-state index in [2.05, 4.69) is 72.7 Å². The topological polar surface area (TPSA) is 0 Å². The second-order valence-corrected chi connectivity index (χ2v) is 9.92. The first-order valence-electron chi connectivity index (χ1n) is 8.96. The van der Waals surface area contributed by atoms with Crippen molar-refractivity contribution in [2.24, 2.45) is 0 Å². The fourth-order valence-corrected chi connectivity index (χ4v) is 5.85. The van der Waals surface area contributed by atoms with Crippen molar-refractivity contribution in [3.63, 3.8) is 0 Å². The Morgan fingerprint density at radius 1 is 0.542 bits per heavy atom. The molecule has 24 heavy (non-hydrogen) atoms. The van der Waals surface area contributed by atoms with Crippen LogP contribution in [0.15, 0.2) is 43.8 Å². The lowest BCUT2D eigenvalue weighted by molar-refractivity contribution is 0.779. The number of aryl methyl sites for hydroxylation is 1. The molecule has 0 fully saturated rings. The highest BCUT2D eigenvalue weighted by Gasteiger charge is 2.22. The lowest BCUT2D eigenvalue weighted by atomic mass is 9.91. The Morgan fingerprint density at radius 3 is 1.25 bits per heavy atom. The van der Waals surface area contributed by atoms with Gasteiger partial charge in [-0.05, 0) is 71.2 Å². The molecule has 1 aliphatic heterocycles. The van der Waals surface area contributed by atoms with Crippen molar-refractivity contribution in [1.29, 1.82) is 0 Å². The standard InChI is InChI=1S/C22H28S2/c1-12(2)16-9-20-19(8-15(16)7)23-21-10-17(13(3)4)18(14(5)6)11-22(21)24-20/h8-14H,1-7H3. The maximum absolute atomic E-state index is 2.45. The van der Waals surface area contributed by atoms with Crippen LogP contribution in [0.4, 0.5) is 0 Å². The zero-order valence-electron chi connectivity index (χ0n) is 15.9. The Balaban J connectivity index is 2.08. The van der Waals surface area contributed by atoms with Gasteiger partial charge < -0.3 is 0 Å². The third-order valence-electron chi connectivity index (χ3n) is 4.79. The molecule has 0 aliphatic carbocycles. The highest BCUT2D eigenvalue weighted by molar-refractivity contribution is 8.05. The van der Waals surface area contributed by atoms with E-state index < -0.39 is 0 Å². The third kappa shape index (κ3) is 3.28. The summed E-state index contributed by atoms with van der Waals surface area (Å²) in [7, 11) is 0. The van der Waals surface area contributed by atoms with E-state index in [-0.39, 0.29) is 0 Å². The number of fused-ring (bicyclic) bond motifs is 2. The van der Waals surface area contributed by atoms with Crippen LogP contribution in [0.25, 0.3) is 0 Å². The lowest BCUT2D eigenvalue weighted by Gasteiger charge is -2.25. The minimum atomic E-state index is 0.573. The van der Waals surface area contributed by atoms with Gasteiger partial charge in [-0.25, -0.2) is 0 Å². The van der Waals surface area contributed by atoms with Crippen molar-refractivity contribution in [2.75, 3.05) is 0 Å². The summed E-state index contributed by atoms with van der Waals surface area (Å²) in [5, 5.41) is 0. The monoisotopic (exact) mass is 356 g/mol. The minimum Gasteiger partial charge on any atom is -0.0877 e. The fourth-order valence-electron chi connectivity index (χ4n) is 3.45. The molecule has 0 radical (unpaired) electrons. The maximum atomic E-state index is 2.45. The molecular formula is C22H28S2. The van der Waals surface area contributed by atoms with Crippen LogP contribution in [0.5, 0.6) is 0 Å². The normalized spacial score (nSPS) is 13.6. The SMILES string of the molecule is Cc1cc2c(cc1C(C)C)Sc1cc(C(C)C)c(C(C)C)cc1S2. The first-order chi connectivity index (χ1) is 11.3. The molecule has 0 bridgehead atoms. The van der Waals surface area contributed by atoms with Gasteiger partial charge in [-0.15, -0.1) is 0 Å². The molecule has 2 aromatic carbocycles. The van der Waals surface area contributed by atoms with Crippen LogP contribution < -0.4 is 0 Å². The highest BCUT2D eigenvalue weighted by atomic mass is 32.2. The summed E-state index contributed by atoms with van der Waals surface area (Å²) in [4.78, 5) is 5.70. The van der Waals surface area contributed by atoms with Gasteiger partial charge in [0.15, 0.2) is 0 Å². The van der Waals surface area contributed by atoms with Gasteiger partial charge in [0, 0.05) is 19.6 Å². The molecule has 0 unspecified atom stereocenters. The van der Waals surface area contributed by atoms with Crippen molar-refractivity contribution < 1.29 is 0 Å². The molecule has 1 heterocycles. The Morgan fingerprint density at radius 2 is 0.875 bits per heavy atom. The van der Waals surface area contributed by atoms with Crippen molar-refractivity contribution in [1.82, 2.24) is 0 Å². The molecule has 0 N–H and O–H groups in total. The average Bonchev–Trinajstić information content (AvgIpc) is 2.50. The summed E-state index contributed by atoms with van der Waals surface area (Å²) in [6.07, 6.45) is 0. The molecular weight excluding hydrogens is 328 g/mol. The average molecular weight is 357 g/mol. The summed E-state index contributed by atoms with van der Waals surface area (Å²) in [6.45, 7) is 16.1. The van der Waals surface area contributed by atoms with Crippen LogP contribution in [0, 0.1) is 6.92 Å². The Kier molecular flexibility index (Phi) is 5.09. The Hall–Kier alpha value is -0.860. The molecule has 0 nitrogen and oxygen atoms in total. The second kappa shape index (κ2) is 6.80. The summed E-state index contributed by atoms with van der Waals surface area (Å²) in [5.74, 6) is 1.73. The van der Waals surface area contributed by atoms with Gasteiger partial charge in [0.1, 0.15) is 0 Å². The molecule has 0 aromatic heterocycles. The van der Waals surface area contributed by atoms with Crippen molar-refractivity contribution in [2.45, 2.75) is 85.8 Å². The molecule has 0 saturated carbocycles. The summed E-state index contributed by atoms with van der Waals surface area (Å²) in [5.41, 5.74) is 5.92. The van der Waals surface area contributed by atoms with Gasteiger partial charge in [-0.2, -0.15) is 0 Å². The molecule has 0 amide bonds. The third-order valence-corrected chi connectivity index (χ3v) is 7.28. The van der Waals surface area contributed by atoms with E-state index in [0.717, 1.165) is 0 Å². The van der Waals surface area contributed by atoms with E-state index in [9.17, 15) is 0 Å². The van der Waals surface area contributed by atoms with Crippen LogP contribution in [0.1, 0.15) is 81.5 Å². The first-order valence-corrected chi connectivity index (χ1v) is 10.6. The molecule has 2 heteroatoms. The van der Waals surface area contributed by atoms with Crippen molar-refractivity contribution in [3.05, 3.63) is 46.5 Å². The van der Waals surface area contributed by atoms with Gasteiger partial charge in [0.05, 0.1) is 0 Å². The van der Waals surface area contributed by atoms with E-state index in [0.29, 0.717) is 17.8 Å².